The van der Waals surface area contributed by atoms with Gasteiger partial charge in [0, 0.05) is 54.5 Å². The highest BCUT2D eigenvalue weighted by Gasteiger charge is 2.46. The third-order valence-electron chi connectivity index (χ3n) is 10.5. The summed E-state index contributed by atoms with van der Waals surface area (Å²) in [5.41, 5.74) is 1.96. The third kappa shape index (κ3) is 6.43. The van der Waals surface area contributed by atoms with Gasteiger partial charge in [-0.3, -0.25) is 4.79 Å². The fourth-order valence-corrected chi connectivity index (χ4v) is 7.64. The zero-order chi connectivity index (χ0) is 33.8. The average molecular weight is 668 g/mol. The molecule has 3 saturated heterocycles. The fourth-order valence-electron chi connectivity index (χ4n) is 7.64. The molecule has 1 aliphatic carbocycles. The van der Waals surface area contributed by atoms with E-state index in [1.54, 1.807) is 6.07 Å². The molecule has 2 aromatic carbocycles. The molecule has 48 heavy (non-hydrogen) atoms. The second-order valence-corrected chi connectivity index (χ2v) is 14.0. The lowest BCUT2D eigenvalue weighted by Crippen LogP contribution is -2.61. The van der Waals surface area contributed by atoms with Crippen molar-refractivity contribution in [1.29, 1.82) is 0 Å². The Morgan fingerprint density at radius 3 is 2.35 bits per heavy atom. The van der Waals surface area contributed by atoms with Crippen LogP contribution in [-0.4, -0.2) is 91.9 Å². The van der Waals surface area contributed by atoms with Gasteiger partial charge in [-0.15, -0.1) is 0 Å². The van der Waals surface area contributed by atoms with Crippen LogP contribution in [0.1, 0.15) is 61.7 Å². The molecule has 0 unspecified atom stereocenters. The van der Waals surface area contributed by atoms with Crippen molar-refractivity contribution in [1.82, 2.24) is 19.8 Å². The van der Waals surface area contributed by atoms with E-state index in [-0.39, 0.29) is 34.7 Å². The fraction of sp³-hybridized carbons (Fsp3) is 0.528. The smallest absolute Gasteiger partial charge is 0.422 e. The van der Waals surface area contributed by atoms with Gasteiger partial charge in [-0.25, -0.2) is 14.4 Å². The SMILES string of the molecule is C=CC(=O)N1CC2(CCN(c3nc(C4CCN(C)CC4)nc4c(OCC(F)(F)F)c(-c5cc(F)cc(OC)c5)c(C5CC5)cc34)CC2)C1. The van der Waals surface area contributed by atoms with E-state index in [0.29, 0.717) is 59.9 Å². The Labute approximate surface area is 277 Å². The molecule has 4 fully saturated rings. The molecule has 7 rings (SSSR count). The van der Waals surface area contributed by atoms with Crippen LogP contribution < -0.4 is 14.4 Å². The molecule has 0 atom stereocenters. The molecule has 1 saturated carbocycles. The van der Waals surface area contributed by atoms with Crippen LogP contribution in [0.3, 0.4) is 0 Å². The van der Waals surface area contributed by atoms with E-state index in [2.05, 4.69) is 23.4 Å². The molecule has 8 nitrogen and oxygen atoms in total. The monoisotopic (exact) mass is 667 g/mol. The molecule has 0 radical (unpaired) electrons. The normalized spacial score (nSPS) is 20.2. The lowest BCUT2D eigenvalue weighted by Gasteiger charge is -2.54. The standard InChI is InChI=1S/C36H41F4N5O3/c1-4-29(46)45-19-35(20-45)9-13-44(14-10-35)34-28-18-27(22-5-6-22)30(24-15-25(37)17-26(16-24)47-3)32(48-21-36(38,39)40)31(28)41-33(42-34)23-7-11-43(2)12-8-23/h4,15-18,22-23H,1,5-14,19-21H2,2-3H3. The van der Waals surface area contributed by atoms with Crippen LogP contribution in [0.4, 0.5) is 23.4 Å². The number of nitrogens with zero attached hydrogens (tertiary/aromatic N) is 5. The maximum Gasteiger partial charge on any atom is 0.422 e. The Morgan fingerprint density at radius 2 is 1.73 bits per heavy atom. The first-order valence-electron chi connectivity index (χ1n) is 16.7. The number of alkyl halides is 3. The highest BCUT2D eigenvalue weighted by molar-refractivity contribution is 6.00. The van der Waals surface area contributed by atoms with Gasteiger partial charge in [0.05, 0.1) is 7.11 Å². The van der Waals surface area contributed by atoms with Crippen LogP contribution in [0.15, 0.2) is 36.9 Å². The maximum atomic E-state index is 14.9. The van der Waals surface area contributed by atoms with Crippen molar-refractivity contribution >= 4 is 22.6 Å². The Morgan fingerprint density at radius 1 is 1.02 bits per heavy atom. The molecular weight excluding hydrogens is 626 g/mol. The number of rotatable bonds is 8. The molecular formula is C36H41F4N5O3. The summed E-state index contributed by atoms with van der Waals surface area (Å²) in [5.74, 6) is 1.05. The van der Waals surface area contributed by atoms with E-state index in [4.69, 9.17) is 19.4 Å². The summed E-state index contributed by atoms with van der Waals surface area (Å²) in [6.45, 7) is 6.59. The molecule has 1 aromatic heterocycles. The number of carbonyl (C=O) groups excluding carboxylic acids is 1. The van der Waals surface area contributed by atoms with Crippen molar-refractivity contribution < 1.29 is 31.8 Å². The van der Waals surface area contributed by atoms with E-state index in [1.807, 2.05) is 11.0 Å². The van der Waals surface area contributed by atoms with Gasteiger partial charge >= 0.3 is 6.18 Å². The highest BCUT2D eigenvalue weighted by atomic mass is 19.4. The van der Waals surface area contributed by atoms with E-state index < -0.39 is 18.6 Å². The summed E-state index contributed by atoms with van der Waals surface area (Å²) in [6, 6.07) is 6.21. The van der Waals surface area contributed by atoms with Gasteiger partial charge in [0.1, 0.15) is 28.7 Å². The third-order valence-corrected chi connectivity index (χ3v) is 10.5. The number of aromatic nitrogens is 2. The number of anilines is 1. The maximum absolute atomic E-state index is 14.9. The van der Waals surface area contributed by atoms with Crippen LogP contribution >= 0.6 is 0 Å². The minimum absolute atomic E-state index is 0.00302. The molecule has 256 valence electrons. The van der Waals surface area contributed by atoms with Gasteiger partial charge in [-0.05, 0) is 100.0 Å². The van der Waals surface area contributed by atoms with Gasteiger partial charge in [-0.1, -0.05) is 6.58 Å². The van der Waals surface area contributed by atoms with Gasteiger partial charge in [-0.2, -0.15) is 13.2 Å². The second-order valence-electron chi connectivity index (χ2n) is 14.0. The molecule has 4 heterocycles. The second kappa shape index (κ2) is 12.5. The number of piperidine rings is 2. The zero-order valence-corrected chi connectivity index (χ0v) is 27.4. The van der Waals surface area contributed by atoms with Crippen LogP contribution in [0.2, 0.25) is 0 Å². The van der Waals surface area contributed by atoms with Crippen molar-refractivity contribution in [3.63, 3.8) is 0 Å². The molecule has 0 bridgehead atoms. The van der Waals surface area contributed by atoms with E-state index in [9.17, 15) is 22.4 Å². The van der Waals surface area contributed by atoms with Crippen molar-refractivity contribution in [2.45, 2.75) is 56.5 Å². The molecule has 4 aliphatic rings. The summed E-state index contributed by atoms with van der Waals surface area (Å²) in [5, 5.41) is 0.644. The van der Waals surface area contributed by atoms with Crippen LogP contribution in [-0.2, 0) is 4.79 Å². The van der Waals surface area contributed by atoms with Gasteiger partial charge in [0.2, 0.25) is 5.91 Å². The molecule has 0 N–H and O–H groups in total. The molecule has 3 aromatic rings. The minimum atomic E-state index is -4.60. The number of hydrogen-bond acceptors (Lipinski definition) is 7. The summed E-state index contributed by atoms with van der Waals surface area (Å²) in [4.78, 5) is 28.7. The minimum Gasteiger partial charge on any atom is -0.497 e. The molecule has 12 heteroatoms. The van der Waals surface area contributed by atoms with Crippen LogP contribution in [0, 0.1) is 11.2 Å². The Kier molecular flexibility index (Phi) is 8.50. The first-order chi connectivity index (χ1) is 23.0. The summed E-state index contributed by atoms with van der Waals surface area (Å²) in [7, 11) is 3.50. The largest absolute Gasteiger partial charge is 0.497 e. The average Bonchev–Trinajstić information content (AvgIpc) is 3.90. The quantitative estimate of drug-likeness (QED) is 0.196. The predicted molar refractivity (Wildman–Crippen MR) is 175 cm³/mol. The zero-order valence-electron chi connectivity index (χ0n) is 27.4. The summed E-state index contributed by atoms with van der Waals surface area (Å²) >= 11 is 0. The lowest BCUT2D eigenvalue weighted by molar-refractivity contribution is -0.153. The Bertz CT molecular complexity index is 1720. The van der Waals surface area contributed by atoms with E-state index in [0.717, 1.165) is 57.2 Å². The molecule has 1 spiro atoms. The van der Waals surface area contributed by atoms with Crippen molar-refractivity contribution in [2.75, 3.05) is 64.9 Å². The number of halogens is 4. The van der Waals surface area contributed by atoms with Gasteiger partial charge in [0.15, 0.2) is 12.4 Å². The summed E-state index contributed by atoms with van der Waals surface area (Å²) in [6.07, 6.45) is 1.84. The van der Waals surface area contributed by atoms with Crippen molar-refractivity contribution in [3.05, 3.63) is 54.1 Å². The topological polar surface area (TPSA) is 71.0 Å². The highest BCUT2D eigenvalue weighted by Crippen LogP contribution is 2.52. The number of amides is 1. The number of methoxy groups -OCH3 is 1. The van der Waals surface area contributed by atoms with Crippen LogP contribution in [0.5, 0.6) is 11.5 Å². The number of fused-ring (bicyclic) bond motifs is 1. The lowest BCUT2D eigenvalue weighted by atomic mass is 9.72. The van der Waals surface area contributed by atoms with Gasteiger partial charge in [0.25, 0.3) is 0 Å². The summed E-state index contributed by atoms with van der Waals surface area (Å²) < 4.78 is 67.6. The molecule has 3 aliphatic heterocycles. The Hall–Kier alpha value is -3.93. The first kappa shape index (κ1) is 32.6. The number of hydrogen-bond donors (Lipinski definition) is 0. The number of benzene rings is 2. The van der Waals surface area contributed by atoms with E-state index in [1.165, 1.54) is 25.3 Å². The predicted octanol–water partition coefficient (Wildman–Crippen LogP) is 6.69. The number of carbonyl (C=O) groups is 1. The first-order valence-corrected chi connectivity index (χ1v) is 16.7. The van der Waals surface area contributed by atoms with Crippen molar-refractivity contribution in [2.24, 2.45) is 5.41 Å². The number of ether oxygens (including phenoxy) is 2. The van der Waals surface area contributed by atoms with Crippen molar-refractivity contribution in [3.8, 4) is 22.6 Å². The van der Waals surface area contributed by atoms with Crippen LogP contribution in [0.25, 0.3) is 22.0 Å². The van der Waals surface area contributed by atoms with E-state index >= 15 is 0 Å². The number of likely N-dealkylation sites (tertiary alicyclic amines) is 2. The Balaban J connectivity index is 1.38. The molecule has 1 amide bonds. The van der Waals surface area contributed by atoms with Gasteiger partial charge < -0.3 is 24.2 Å².